The lowest BCUT2D eigenvalue weighted by Crippen LogP contribution is -2.35. The highest BCUT2D eigenvalue weighted by molar-refractivity contribution is 7.10. The summed E-state index contributed by atoms with van der Waals surface area (Å²) in [6.07, 6.45) is 4.02. The molecule has 1 fully saturated rings. The Balaban J connectivity index is 1.84. The summed E-state index contributed by atoms with van der Waals surface area (Å²) in [6.45, 7) is 5.67. The second-order valence-electron chi connectivity index (χ2n) is 5.29. The Kier molecular flexibility index (Phi) is 3.87. The maximum Gasteiger partial charge on any atom is 0.0468 e. The molecule has 1 heterocycles. The zero-order valence-electron chi connectivity index (χ0n) is 10.2. The van der Waals surface area contributed by atoms with Crippen LogP contribution in [-0.2, 0) is 6.54 Å². The minimum absolute atomic E-state index is 0.681. The van der Waals surface area contributed by atoms with Gasteiger partial charge in [-0.05, 0) is 42.5 Å². The number of hydrogen-bond donors (Lipinski definition) is 2. The second kappa shape index (κ2) is 5.19. The molecule has 0 amide bonds. The van der Waals surface area contributed by atoms with Crippen molar-refractivity contribution in [1.82, 2.24) is 5.32 Å². The first-order valence-electron chi connectivity index (χ1n) is 6.20. The fraction of sp³-hybridized carbons (Fsp3) is 0.692. The van der Waals surface area contributed by atoms with Crippen LogP contribution >= 0.6 is 11.3 Å². The van der Waals surface area contributed by atoms with Crippen LogP contribution in [0.4, 0.5) is 5.69 Å². The van der Waals surface area contributed by atoms with Gasteiger partial charge in [-0.15, -0.1) is 11.3 Å². The molecule has 2 rings (SSSR count). The van der Waals surface area contributed by atoms with Gasteiger partial charge in [0.25, 0.3) is 0 Å². The molecule has 16 heavy (non-hydrogen) atoms. The van der Waals surface area contributed by atoms with E-state index < -0.39 is 0 Å². The highest BCUT2D eigenvalue weighted by Gasteiger charge is 2.23. The molecule has 1 aliphatic carbocycles. The summed E-state index contributed by atoms with van der Waals surface area (Å²) in [5, 5.41) is 5.72. The maximum absolute atomic E-state index is 5.88. The number of anilines is 1. The van der Waals surface area contributed by atoms with Crippen LogP contribution < -0.4 is 11.1 Å². The van der Waals surface area contributed by atoms with Gasteiger partial charge in [0.15, 0.2) is 0 Å². The standard InChI is InChI=1S/C13H22N2S/c1-9-5-10(2)7-11(6-9)15-8-13-12(14)3-4-16-13/h3-4,9-11,15H,5-8,14H2,1-2H3. The van der Waals surface area contributed by atoms with Crippen molar-refractivity contribution in [3.8, 4) is 0 Å². The lowest BCUT2D eigenvalue weighted by atomic mass is 9.80. The molecular formula is C13H22N2S. The van der Waals surface area contributed by atoms with Crippen molar-refractivity contribution in [2.75, 3.05) is 5.73 Å². The molecule has 1 aromatic heterocycles. The van der Waals surface area contributed by atoms with Gasteiger partial charge >= 0.3 is 0 Å². The maximum atomic E-state index is 5.88. The predicted octanol–water partition coefficient (Wildman–Crippen LogP) is 3.24. The summed E-state index contributed by atoms with van der Waals surface area (Å²) in [5.74, 6) is 1.73. The number of nitrogens with two attached hydrogens (primary N) is 1. The van der Waals surface area contributed by atoms with E-state index in [1.165, 1.54) is 24.1 Å². The Morgan fingerprint density at radius 2 is 2.00 bits per heavy atom. The number of thiophene rings is 1. The molecule has 1 saturated carbocycles. The summed E-state index contributed by atoms with van der Waals surface area (Å²) in [7, 11) is 0. The van der Waals surface area contributed by atoms with Crippen LogP contribution in [0.2, 0.25) is 0 Å². The van der Waals surface area contributed by atoms with E-state index in [1.54, 1.807) is 11.3 Å². The smallest absolute Gasteiger partial charge is 0.0468 e. The van der Waals surface area contributed by atoms with E-state index in [0.717, 1.165) is 24.1 Å². The molecule has 0 aliphatic heterocycles. The van der Waals surface area contributed by atoms with Crippen molar-refractivity contribution >= 4 is 17.0 Å². The van der Waals surface area contributed by atoms with Gasteiger partial charge in [0.1, 0.15) is 0 Å². The van der Waals surface area contributed by atoms with Crippen molar-refractivity contribution in [2.24, 2.45) is 11.8 Å². The third-order valence-corrected chi connectivity index (χ3v) is 4.45. The van der Waals surface area contributed by atoms with Crippen molar-refractivity contribution in [2.45, 2.75) is 45.7 Å². The molecule has 2 nitrogen and oxygen atoms in total. The first-order chi connectivity index (χ1) is 7.65. The highest BCUT2D eigenvalue weighted by Crippen LogP contribution is 2.29. The molecule has 2 unspecified atom stereocenters. The van der Waals surface area contributed by atoms with Gasteiger partial charge < -0.3 is 11.1 Å². The zero-order valence-corrected chi connectivity index (χ0v) is 11.0. The van der Waals surface area contributed by atoms with Gasteiger partial charge in [-0.25, -0.2) is 0 Å². The molecule has 3 N–H and O–H groups in total. The molecule has 0 saturated heterocycles. The fourth-order valence-corrected chi connectivity index (χ4v) is 3.59. The summed E-state index contributed by atoms with van der Waals surface area (Å²) < 4.78 is 0. The van der Waals surface area contributed by atoms with Crippen LogP contribution in [-0.4, -0.2) is 6.04 Å². The molecule has 0 bridgehead atoms. The Bertz CT molecular complexity index is 324. The van der Waals surface area contributed by atoms with Crippen LogP contribution in [0.1, 0.15) is 38.0 Å². The molecule has 1 aromatic rings. The van der Waals surface area contributed by atoms with Gasteiger partial charge in [-0.1, -0.05) is 13.8 Å². The Hall–Kier alpha value is -0.540. The van der Waals surface area contributed by atoms with E-state index in [1.807, 2.05) is 6.07 Å². The third kappa shape index (κ3) is 2.98. The normalized spacial score (nSPS) is 30.5. The van der Waals surface area contributed by atoms with Gasteiger partial charge in [-0.2, -0.15) is 0 Å². The van der Waals surface area contributed by atoms with E-state index in [4.69, 9.17) is 5.73 Å². The average molecular weight is 238 g/mol. The lowest BCUT2D eigenvalue weighted by molar-refractivity contribution is 0.238. The average Bonchev–Trinajstić information content (AvgIpc) is 2.59. The van der Waals surface area contributed by atoms with E-state index in [9.17, 15) is 0 Å². The van der Waals surface area contributed by atoms with Gasteiger partial charge in [0.05, 0.1) is 0 Å². The quantitative estimate of drug-likeness (QED) is 0.848. The number of rotatable bonds is 3. The van der Waals surface area contributed by atoms with Gasteiger partial charge in [0, 0.05) is 23.2 Å². The first-order valence-corrected chi connectivity index (χ1v) is 7.08. The summed E-state index contributed by atoms with van der Waals surface area (Å²) >= 11 is 1.75. The topological polar surface area (TPSA) is 38.0 Å². The number of nitrogens with one attached hydrogen (secondary N) is 1. The van der Waals surface area contributed by atoms with Crippen molar-refractivity contribution < 1.29 is 0 Å². The number of nitrogen functional groups attached to an aromatic ring is 1. The molecule has 1 aliphatic rings. The van der Waals surface area contributed by atoms with Crippen molar-refractivity contribution in [3.63, 3.8) is 0 Å². The molecule has 0 radical (unpaired) electrons. The van der Waals surface area contributed by atoms with Crippen LogP contribution in [0.3, 0.4) is 0 Å². The monoisotopic (exact) mass is 238 g/mol. The van der Waals surface area contributed by atoms with Gasteiger partial charge in [-0.3, -0.25) is 0 Å². The lowest BCUT2D eigenvalue weighted by Gasteiger charge is -2.32. The highest BCUT2D eigenvalue weighted by atomic mass is 32.1. The van der Waals surface area contributed by atoms with Crippen LogP contribution in [0.15, 0.2) is 11.4 Å². The number of hydrogen-bond acceptors (Lipinski definition) is 3. The van der Waals surface area contributed by atoms with Crippen LogP contribution in [0, 0.1) is 11.8 Å². The van der Waals surface area contributed by atoms with E-state index in [-0.39, 0.29) is 0 Å². The van der Waals surface area contributed by atoms with Gasteiger partial charge in [0.2, 0.25) is 0 Å². The molecule has 3 heteroatoms. The summed E-state index contributed by atoms with van der Waals surface area (Å²) in [6, 6.07) is 2.67. The van der Waals surface area contributed by atoms with Crippen LogP contribution in [0.25, 0.3) is 0 Å². The predicted molar refractivity (Wildman–Crippen MR) is 71.5 cm³/mol. The Morgan fingerprint density at radius 1 is 1.31 bits per heavy atom. The largest absolute Gasteiger partial charge is 0.398 e. The van der Waals surface area contributed by atoms with Crippen LogP contribution in [0.5, 0.6) is 0 Å². The third-order valence-electron chi connectivity index (χ3n) is 3.51. The minimum atomic E-state index is 0.681. The van der Waals surface area contributed by atoms with E-state index in [2.05, 4.69) is 24.5 Å². The molecule has 0 spiro atoms. The Morgan fingerprint density at radius 3 is 2.56 bits per heavy atom. The van der Waals surface area contributed by atoms with E-state index >= 15 is 0 Å². The Labute approximate surface area is 102 Å². The SMILES string of the molecule is CC1CC(C)CC(NCc2sccc2N)C1. The summed E-state index contributed by atoms with van der Waals surface area (Å²) in [5.41, 5.74) is 6.82. The fourth-order valence-electron chi connectivity index (χ4n) is 2.84. The molecular weight excluding hydrogens is 216 g/mol. The van der Waals surface area contributed by atoms with Crippen molar-refractivity contribution in [1.29, 1.82) is 0 Å². The van der Waals surface area contributed by atoms with E-state index in [0.29, 0.717) is 6.04 Å². The molecule has 90 valence electrons. The molecule has 2 atom stereocenters. The first kappa shape index (κ1) is 11.9. The molecule has 0 aromatic carbocycles. The zero-order chi connectivity index (χ0) is 11.5. The summed E-state index contributed by atoms with van der Waals surface area (Å²) in [4.78, 5) is 1.28. The minimum Gasteiger partial charge on any atom is -0.398 e. The second-order valence-corrected chi connectivity index (χ2v) is 6.30. The van der Waals surface area contributed by atoms with Crippen molar-refractivity contribution in [3.05, 3.63) is 16.3 Å².